The fourth-order valence-corrected chi connectivity index (χ4v) is 4.46. The number of hydrogen-bond donors (Lipinski definition) is 1. The highest BCUT2D eigenvalue weighted by Gasteiger charge is 2.56. The second-order valence-corrected chi connectivity index (χ2v) is 8.20. The molecule has 2 amide bonds. The van der Waals surface area contributed by atoms with Crippen molar-refractivity contribution in [1.82, 2.24) is 5.32 Å². The fourth-order valence-electron chi connectivity index (χ4n) is 4.46. The number of amides is 2. The summed E-state index contributed by atoms with van der Waals surface area (Å²) in [5.74, 6) is 0.571. The van der Waals surface area contributed by atoms with Gasteiger partial charge in [0.1, 0.15) is 5.75 Å². The van der Waals surface area contributed by atoms with Crippen LogP contribution in [0.1, 0.15) is 43.2 Å². The van der Waals surface area contributed by atoms with E-state index in [1.165, 1.54) is 0 Å². The second kappa shape index (κ2) is 8.34. The molecule has 2 aromatic rings. The Bertz CT molecular complexity index is 978. The minimum atomic E-state index is -1.03. The number of para-hydroxylation sites is 1. The van der Waals surface area contributed by atoms with Crippen molar-refractivity contribution in [3.8, 4) is 5.75 Å². The van der Waals surface area contributed by atoms with Crippen LogP contribution in [0.3, 0.4) is 0 Å². The van der Waals surface area contributed by atoms with Crippen LogP contribution < -0.4 is 15.0 Å². The maximum absolute atomic E-state index is 13.5. The third kappa shape index (κ3) is 3.72. The van der Waals surface area contributed by atoms with E-state index >= 15 is 0 Å². The summed E-state index contributed by atoms with van der Waals surface area (Å²) in [6.45, 7) is 1.98. The number of carbonyl (C=O) groups excluding carboxylic acids is 2. The molecule has 0 radical (unpaired) electrons. The average molecular weight is 405 g/mol. The summed E-state index contributed by atoms with van der Waals surface area (Å²) in [5, 5.41) is 3.21. The van der Waals surface area contributed by atoms with Gasteiger partial charge in [-0.15, -0.1) is 0 Å². The quantitative estimate of drug-likeness (QED) is 0.732. The SMILES string of the molecule is COc1ccccc1/C=C/[C@@]1(C(=O)NC2CCCC2)CC(=O)N1c1cccc(C)c1. The van der Waals surface area contributed by atoms with E-state index in [2.05, 4.69) is 5.32 Å². The molecule has 5 heteroatoms. The number of ether oxygens (including phenoxy) is 1. The number of nitrogens with zero attached hydrogens (tertiary/aromatic N) is 1. The number of anilines is 1. The Labute approximate surface area is 177 Å². The van der Waals surface area contributed by atoms with Gasteiger partial charge in [-0.3, -0.25) is 14.5 Å². The van der Waals surface area contributed by atoms with Crippen molar-refractivity contribution in [1.29, 1.82) is 0 Å². The van der Waals surface area contributed by atoms with E-state index in [1.54, 1.807) is 12.0 Å². The summed E-state index contributed by atoms with van der Waals surface area (Å²) in [7, 11) is 1.63. The molecule has 0 spiro atoms. The normalized spacial score (nSPS) is 21.7. The van der Waals surface area contributed by atoms with E-state index in [1.807, 2.05) is 67.6 Å². The predicted octanol–water partition coefficient (Wildman–Crippen LogP) is 4.25. The molecule has 0 unspecified atom stereocenters. The summed E-state index contributed by atoms with van der Waals surface area (Å²) >= 11 is 0. The van der Waals surface area contributed by atoms with Crippen molar-refractivity contribution in [2.24, 2.45) is 0 Å². The second-order valence-electron chi connectivity index (χ2n) is 8.20. The van der Waals surface area contributed by atoms with E-state index in [0.29, 0.717) is 0 Å². The molecule has 1 aliphatic carbocycles. The van der Waals surface area contributed by atoms with E-state index in [0.717, 1.165) is 48.2 Å². The van der Waals surface area contributed by atoms with E-state index in [9.17, 15) is 9.59 Å². The molecule has 1 saturated heterocycles. The third-order valence-electron chi connectivity index (χ3n) is 6.09. The Hall–Kier alpha value is -3.08. The standard InChI is InChI=1S/C25H28N2O3/c1-18-8-7-12-21(16-18)27-23(28)17-25(27,24(29)26-20-10-4-5-11-20)15-14-19-9-3-6-13-22(19)30-2/h3,6-9,12-16,20H,4-5,10-11,17H2,1-2H3,(H,26,29)/b15-14+/t25-/m0/s1. The molecule has 1 atom stereocenters. The Morgan fingerprint density at radius 2 is 1.93 bits per heavy atom. The molecule has 1 heterocycles. The van der Waals surface area contributed by atoms with Crippen molar-refractivity contribution in [3.63, 3.8) is 0 Å². The lowest BCUT2D eigenvalue weighted by Gasteiger charge is -2.49. The maximum Gasteiger partial charge on any atom is 0.251 e. The van der Waals surface area contributed by atoms with E-state index < -0.39 is 5.54 Å². The van der Waals surface area contributed by atoms with Gasteiger partial charge in [-0.25, -0.2) is 0 Å². The van der Waals surface area contributed by atoms with Crippen molar-refractivity contribution in [2.45, 2.75) is 50.6 Å². The molecule has 0 bridgehead atoms. The number of methoxy groups -OCH3 is 1. The van der Waals surface area contributed by atoms with Gasteiger partial charge in [0.15, 0.2) is 5.54 Å². The maximum atomic E-state index is 13.5. The van der Waals surface area contributed by atoms with Crippen LogP contribution in [0.25, 0.3) is 6.08 Å². The third-order valence-corrected chi connectivity index (χ3v) is 6.09. The van der Waals surface area contributed by atoms with Gasteiger partial charge in [-0.05, 0) is 49.6 Å². The molecule has 1 N–H and O–H groups in total. The molecular weight excluding hydrogens is 376 g/mol. The van der Waals surface area contributed by atoms with Crippen molar-refractivity contribution >= 4 is 23.6 Å². The molecule has 4 rings (SSSR count). The predicted molar refractivity (Wildman–Crippen MR) is 118 cm³/mol. The average Bonchev–Trinajstić information content (AvgIpc) is 3.24. The van der Waals surface area contributed by atoms with Gasteiger partial charge in [-0.2, -0.15) is 0 Å². The number of nitrogens with one attached hydrogen (secondary N) is 1. The lowest BCUT2D eigenvalue weighted by atomic mass is 9.80. The summed E-state index contributed by atoms with van der Waals surface area (Å²) in [6, 6.07) is 15.6. The first kappa shape index (κ1) is 20.2. The van der Waals surface area contributed by atoms with E-state index in [4.69, 9.17) is 4.74 Å². The van der Waals surface area contributed by atoms with Gasteiger partial charge in [0.05, 0.1) is 13.5 Å². The molecule has 156 valence electrons. The largest absolute Gasteiger partial charge is 0.496 e. The highest BCUT2D eigenvalue weighted by atomic mass is 16.5. The molecule has 0 aromatic heterocycles. The Kier molecular flexibility index (Phi) is 5.62. The lowest BCUT2D eigenvalue weighted by molar-refractivity contribution is -0.137. The first-order valence-electron chi connectivity index (χ1n) is 10.6. The Morgan fingerprint density at radius 3 is 2.63 bits per heavy atom. The molecular formula is C25H28N2O3. The molecule has 2 aromatic carbocycles. The van der Waals surface area contributed by atoms with Gasteiger partial charge in [0.2, 0.25) is 5.91 Å². The van der Waals surface area contributed by atoms with Crippen LogP contribution in [0.4, 0.5) is 5.69 Å². The number of carbonyl (C=O) groups is 2. The zero-order valence-corrected chi connectivity index (χ0v) is 17.6. The van der Waals surface area contributed by atoms with Crippen molar-refractivity contribution in [2.75, 3.05) is 12.0 Å². The van der Waals surface area contributed by atoms with Gasteiger partial charge < -0.3 is 10.1 Å². The minimum absolute atomic E-state index is 0.0492. The number of hydrogen-bond acceptors (Lipinski definition) is 3. The summed E-state index contributed by atoms with van der Waals surface area (Å²) in [5.41, 5.74) is 1.63. The molecule has 2 fully saturated rings. The number of benzene rings is 2. The summed E-state index contributed by atoms with van der Waals surface area (Å²) in [4.78, 5) is 27.9. The Balaban J connectivity index is 1.72. The highest BCUT2D eigenvalue weighted by molar-refractivity contribution is 6.15. The van der Waals surface area contributed by atoms with Gasteiger partial charge in [0, 0.05) is 17.3 Å². The first-order chi connectivity index (χ1) is 14.5. The summed E-state index contributed by atoms with van der Waals surface area (Å²) in [6.07, 6.45) is 8.17. The van der Waals surface area contributed by atoms with Crippen LogP contribution in [0.5, 0.6) is 5.75 Å². The van der Waals surface area contributed by atoms with Crippen molar-refractivity contribution < 1.29 is 14.3 Å². The summed E-state index contributed by atoms with van der Waals surface area (Å²) < 4.78 is 5.45. The fraction of sp³-hybridized carbons (Fsp3) is 0.360. The van der Waals surface area contributed by atoms with Crippen LogP contribution in [0.2, 0.25) is 0 Å². The zero-order chi connectivity index (χ0) is 21.1. The molecule has 1 saturated carbocycles. The molecule has 2 aliphatic rings. The topological polar surface area (TPSA) is 58.6 Å². The molecule has 1 aliphatic heterocycles. The van der Waals surface area contributed by atoms with Crippen LogP contribution in [-0.4, -0.2) is 30.5 Å². The number of aryl methyl sites for hydroxylation is 1. The van der Waals surface area contributed by atoms with Gasteiger partial charge >= 0.3 is 0 Å². The zero-order valence-electron chi connectivity index (χ0n) is 17.6. The molecule has 30 heavy (non-hydrogen) atoms. The monoisotopic (exact) mass is 404 g/mol. The van der Waals surface area contributed by atoms with Crippen LogP contribution in [0, 0.1) is 6.92 Å². The van der Waals surface area contributed by atoms with Crippen LogP contribution in [-0.2, 0) is 9.59 Å². The number of rotatable bonds is 6. The lowest BCUT2D eigenvalue weighted by Crippen LogP contribution is -2.70. The van der Waals surface area contributed by atoms with Gasteiger partial charge in [0.25, 0.3) is 5.91 Å². The molecule has 5 nitrogen and oxygen atoms in total. The van der Waals surface area contributed by atoms with Crippen LogP contribution >= 0.6 is 0 Å². The first-order valence-corrected chi connectivity index (χ1v) is 10.6. The highest BCUT2D eigenvalue weighted by Crippen LogP contribution is 2.40. The smallest absolute Gasteiger partial charge is 0.251 e. The minimum Gasteiger partial charge on any atom is -0.496 e. The van der Waals surface area contributed by atoms with Crippen molar-refractivity contribution in [3.05, 3.63) is 65.7 Å². The van der Waals surface area contributed by atoms with E-state index in [-0.39, 0.29) is 24.3 Å². The Morgan fingerprint density at radius 1 is 1.17 bits per heavy atom. The number of β-lactam (4-membered cyclic amide) rings is 1. The van der Waals surface area contributed by atoms with Gasteiger partial charge in [-0.1, -0.05) is 49.2 Å². The van der Waals surface area contributed by atoms with Crippen LogP contribution in [0.15, 0.2) is 54.6 Å².